The highest BCUT2D eigenvalue weighted by Crippen LogP contribution is 2.30. The summed E-state index contributed by atoms with van der Waals surface area (Å²) in [7, 11) is 0. The van der Waals surface area contributed by atoms with E-state index in [0.717, 1.165) is 0 Å². The zero-order valence-corrected chi connectivity index (χ0v) is 23.2. The quantitative estimate of drug-likeness (QED) is 0.264. The Morgan fingerprint density at radius 1 is 0.784 bits per heavy atom. The molecule has 0 radical (unpaired) electrons. The molecule has 9 nitrogen and oxygen atoms in total. The van der Waals surface area contributed by atoms with Crippen LogP contribution in [0.4, 0.5) is 0 Å². The largest absolute Gasteiger partial charge is 0.462 e. The number of hydrogen-bond donors (Lipinski definition) is 1. The lowest BCUT2D eigenvalue weighted by atomic mass is 10.1. The van der Waals surface area contributed by atoms with Gasteiger partial charge in [-0.1, -0.05) is 47.6 Å². The van der Waals surface area contributed by atoms with Crippen LogP contribution in [0.1, 0.15) is 79.7 Å². The molecule has 0 amide bonds. The lowest BCUT2D eigenvalue weighted by molar-refractivity contribution is -0.160. The summed E-state index contributed by atoms with van der Waals surface area (Å²) < 4.78 is 21.4. The highest BCUT2D eigenvalue weighted by atomic mass is 16.6. The lowest BCUT2D eigenvalue weighted by Gasteiger charge is -2.18. The first-order chi connectivity index (χ1) is 17.3. The second-order valence-electron chi connectivity index (χ2n) is 10.4. The van der Waals surface area contributed by atoms with Crippen LogP contribution in [0, 0.1) is 17.8 Å². The fraction of sp³-hybridized carbons (Fsp3) is 0.643. The normalized spacial score (nSPS) is 12.8. The Labute approximate surface area is 220 Å². The van der Waals surface area contributed by atoms with Crippen molar-refractivity contribution in [2.24, 2.45) is 23.5 Å². The third kappa shape index (κ3) is 13.3. The first kappa shape index (κ1) is 32.1. The van der Waals surface area contributed by atoms with Crippen LogP contribution in [0.5, 0.6) is 11.5 Å². The molecular weight excluding hydrogens is 478 g/mol. The Morgan fingerprint density at radius 2 is 1.32 bits per heavy atom. The van der Waals surface area contributed by atoms with Crippen molar-refractivity contribution >= 4 is 23.9 Å². The number of hydrogen-bond acceptors (Lipinski definition) is 9. The predicted octanol–water partition coefficient (Wildman–Crippen LogP) is 4.37. The van der Waals surface area contributed by atoms with E-state index in [4.69, 9.17) is 24.7 Å². The van der Waals surface area contributed by atoms with Gasteiger partial charge >= 0.3 is 23.9 Å². The average molecular weight is 522 g/mol. The third-order valence-corrected chi connectivity index (χ3v) is 5.31. The van der Waals surface area contributed by atoms with Gasteiger partial charge in [-0.15, -0.1) is 0 Å². The predicted molar refractivity (Wildman–Crippen MR) is 139 cm³/mol. The number of ether oxygens (including phenoxy) is 4. The van der Waals surface area contributed by atoms with Crippen molar-refractivity contribution in [3.8, 4) is 11.5 Å². The topological polar surface area (TPSA) is 131 Å². The summed E-state index contributed by atoms with van der Waals surface area (Å²) in [5, 5.41) is 0. The monoisotopic (exact) mass is 521 g/mol. The molecule has 37 heavy (non-hydrogen) atoms. The van der Waals surface area contributed by atoms with E-state index in [-0.39, 0.29) is 49.3 Å². The number of carbonyl (C=O) groups excluding carboxylic acids is 4. The summed E-state index contributed by atoms with van der Waals surface area (Å²) in [5.41, 5.74) is 6.64. The SMILES string of the molecule is CC(C)CCC(=O)Oc1ccc(C[C@H](N)C(=O)O[C@@H](C)COC(=O)C(C)C)cc1OC(=O)CCC(C)C. The van der Waals surface area contributed by atoms with E-state index in [1.165, 1.54) is 6.07 Å². The number of rotatable bonds is 15. The van der Waals surface area contributed by atoms with E-state index < -0.39 is 30.1 Å². The van der Waals surface area contributed by atoms with Gasteiger partial charge in [-0.2, -0.15) is 0 Å². The van der Waals surface area contributed by atoms with Crippen molar-refractivity contribution in [3.05, 3.63) is 23.8 Å². The molecule has 0 heterocycles. The van der Waals surface area contributed by atoms with Gasteiger partial charge in [-0.25, -0.2) is 0 Å². The van der Waals surface area contributed by atoms with Gasteiger partial charge in [0.25, 0.3) is 0 Å². The summed E-state index contributed by atoms with van der Waals surface area (Å²) in [5.74, 6) is -1.29. The van der Waals surface area contributed by atoms with Gasteiger partial charge in [0.15, 0.2) is 11.5 Å². The molecule has 0 spiro atoms. The van der Waals surface area contributed by atoms with E-state index in [2.05, 4.69) is 0 Å². The van der Waals surface area contributed by atoms with Crippen molar-refractivity contribution in [2.75, 3.05) is 6.61 Å². The molecule has 1 aromatic carbocycles. The van der Waals surface area contributed by atoms with E-state index in [1.807, 2.05) is 27.7 Å². The second-order valence-corrected chi connectivity index (χ2v) is 10.4. The molecule has 2 atom stereocenters. The number of benzene rings is 1. The van der Waals surface area contributed by atoms with Crippen molar-refractivity contribution in [1.82, 2.24) is 0 Å². The summed E-state index contributed by atoms with van der Waals surface area (Å²) in [6, 6.07) is 3.71. The van der Waals surface area contributed by atoms with Crippen LogP contribution in [0.2, 0.25) is 0 Å². The second kappa shape index (κ2) is 16.0. The van der Waals surface area contributed by atoms with Crippen LogP contribution in [-0.4, -0.2) is 42.6 Å². The zero-order valence-electron chi connectivity index (χ0n) is 23.2. The Kier molecular flexibility index (Phi) is 13.9. The smallest absolute Gasteiger partial charge is 0.323 e. The van der Waals surface area contributed by atoms with Crippen LogP contribution in [0.15, 0.2) is 18.2 Å². The minimum Gasteiger partial charge on any atom is -0.462 e. The maximum atomic E-state index is 12.4. The minimum atomic E-state index is -1.01. The summed E-state index contributed by atoms with van der Waals surface area (Å²) in [6.07, 6.45) is 1.21. The fourth-order valence-corrected chi connectivity index (χ4v) is 3.03. The Morgan fingerprint density at radius 3 is 1.84 bits per heavy atom. The first-order valence-electron chi connectivity index (χ1n) is 12.9. The molecule has 0 aliphatic carbocycles. The van der Waals surface area contributed by atoms with Crippen molar-refractivity contribution in [3.63, 3.8) is 0 Å². The number of esters is 4. The molecular formula is C28H43NO8. The van der Waals surface area contributed by atoms with Gasteiger partial charge in [-0.05, 0) is 55.7 Å². The van der Waals surface area contributed by atoms with Gasteiger partial charge in [0.1, 0.15) is 18.8 Å². The molecule has 0 aromatic heterocycles. The molecule has 9 heteroatoms. The van der Waals surface area contributed by atoms with Crippen molar-refractivity contribution < 1.29 is 38.1 Å². The number of carbonyl (C=O) groups is 4. The van der Waals surface area contributed by atoms with E-state index >= 15 is 0 Å². The molecule has 0 fully saturated rings. The van der Waals surface area contributed by atoms with E-state index in [9.17, 15) is 19.2 Å². The highest BCUT2D eigenvalue weighted by Gasteiger charge is 2.22. The molecule has 0 bridgehead atoms. The summed E-state index contributed by atoms with van der Waals surface area (Å²) in [4.78, 5) is 48.7. The van der Waals surface area contributed by atoms with Gasteiger partial charge in [0.05, 0.1) is 5.92 Å². The Bertz CT molecular complexity index is 909. The summed E-state index contributed by atoms with van der Waals surface area (Å²) in [6.45, 7) is 13.0. The van der Waals surface area contributed by atoms with Gasteiger partial charge in [0.2, 0.25) is 0 Å². The van der Waals surface area contributed by atoms with Crippen LogP contribution in [0.25, 0.3) is 0 Å². The zero-order chi connectivity index (χ0) is 28.1. The standard InChI is InChI=1S/C28H43NO8/c1-17(2)8-12-25(30)36-23-11-10-21(15-24(23)37-26(31)13-9-18(3)4)14-22(29)28(33)35-20(7)16-34-27(32)19(5)6/h10-11,15,17-20,22H,8-9,12-14,16,29H2,1-7H3/t20-,22-/m0/s1. The minimum absolute atomic E-state index is 0.0666. The van der Waals surface area contributed by atoms with Gasteiger partial charge in [0, 0.05) is 12.8 Å². The molecule has 1 rings (SSSR count). The van der Waals surface area contributed by atoms with E-state index in [1.54, 1.807) is 32.9 Å². The van der Waals surface area contributed by atoms with Crippen LogP contribution < -0.4 is 15.2 Å². The Balaban J connectivity index is 2.90. The molecule has 0 saturated heterocycles. The van der Waals surface area contributed by atoms with Crippen LogP contribution in [0.3, 0.4) is 0 Å². The molecule has 2 N–H and O–H groups in total. The molecule has 0 saturated carbocycles. The first-order valence-corrected chi connectivity index (χ1v) is 12.9. The van der Waals surface area contributed by atoms with Crippen LogP contribution in [-0.2, 0) is 35.1 Å². The highest BCUT2D eigenvalue weighted by molar-refractivity contribution is 5.77. The Hall–Kier alpha value is -2.94. The van der Waals surface area contributed by atoms with Gasteiger partial charge < -0.3 is 24.7 Å². The maximum absolute atomic E-state index is 12.4. The summed E-state index contributed by atoms with van der Waals surface area (Å²) >= 11 is 0. The van der Waals surface area contributed by atoms with Gasteiger partial charge in [-0.3, -0.25) is 19.2 Å². The van der Waals surface area contributed by atoms with Crippen molar-refractivity contribution in [2.45, 2.75) is 92.7 Å². The average Bonchev–Trinajstić information content (AvgIpc) is 2.81. The van der Waals surface area contributed by atoms with Crippen molar-refractivity contribution in [1.29, 1.82) is 0 Å². The molecule has 0 unspecified atom stereocenters. The molecule has 0 aliphatic rings. The lowest BCUT2D eigenvalue weighted by Crippen LogP contribution is -2.37. The maximum Gasteiger partial charge on any atom is 0.323 e. The van der Waals surface area contributed by atoms with E-state index in [0.29, 0.717) is 30.2 Å². The fourth-order valence-electron chi connectivity index (χ4n) is 3.03. The molecule has 0 aliphatic heterocycles. The molecule has 208 valence electrons. The van der Waals surface area contributed by atoms with Crippen LogP contribution >= 0.6 is 0 Å². The molecule has 1 aromatic rings. The number of nitrogens with two attached hydrogens (primary N) is 1. The third-order valence-electron chi connectivity index (χ3n) is 5.31.